The standard InChI is InChI=1S/C37H45N5O4/c1-3-16-42(17-4-2)37(46)29-18-27-10-11-28(19-33(27)40-35(38)20-29)36(45)39-30-14-12-26(13-15-30)31-22-41(23-32(31)34(44)24-43)21-25-8-6-5-7-9-25/h5-15,18-19,31-32,34,43-44H,3-4,16-17,20-24H2,1-2H3,(H2,38,40)(H,39,45)/t31?,32-,34?/m0/s1. The first-order valence-corrected chi connectivity index (χ1v) is 16.2. The number of hydrogen-bond acceptors (Lipinski definition) is 7. The number of hydrogen-bond donors (Lipinski definition) is 4. The molecule has 9 heteroatoms. The van der Waals surface area contributed by atoms with E-state index in [2.05, 4.69) is 41.2 Å². The van der Waals surface area contributed by atoms with Crippen LogP contribution in [0.2, 0.25) is 0 Å². The molecule has 0 radical (unpaired) electrons. The van der Waals surface area contributed by atoms with Gasteiger partial charge in [-0.05, 0) is 54.3 Å². The van der Waals surface area contributed by atoms with E-state index < -0.39 is 6.10 Å². The fourth-order valence-electron chi connectivity index (χ4n) is 6.51. The monoisotopic (exact) mass is 623 g/mol. The first-order chi connectivity index (χ1) is 22.3. The summed E-state index contributed by atoms with van der Waals surface area (Å²) >= 11 is 0. The van der Waals surface area contributed by atoms with Gasteiger partial charge in [-0.1, -0.05) is 62.4 Å². The number of amidine groups is 1. The van der Waals surface area contributed by atoms with Gasteiger partial charge in [-0.25, -0.2) is 4.99 Å². The normalized spacial score (nSPS) is 18.6. The molecule has 5 N–H and O–H groups in total. The van der Waals surface area contributed by atoms with Crippen LogP contribution in [-0.4, -0.2) is 76.6 Å². The second kappa shape index (κ2) is 15.3. The molecule has 3 aromatic rings. The third-order valence-corrected chi connectivity index (χ3v) is 8.77. The molecule has 3 aromatic carbocycles. The molecule has 2 heterocycles. The van der Waals surface area contributed by atoms with Gasteiger partial charge in [0.05, 0.1) is 18.4 Å². The number of rotatable bonds is 12. The molecule has 3 atom stereocenters. The number of benzene rings is 3. The van der Waals surface area contributed by atoms with Crippen molar-refractivity contribution in [3.8, 4) is 0 Å². The molecule has 0 aliphatic carbocycles. The van der Waals surface area contributed by atoms with Crippen LogP contribution in [0.25, 0.3) is 6.08 Å². The second-order valence-electron chi connectivity index (χ2n) is 12.3. The van der Waals surface area contributed by atoms with Crippen LogP contribution in [0.5, 0.6) is 0 Å². The van der Waals surface area contributed by atoms with Crippen molar-refractivity contribution < 1.29 is 19.8 Å². The van der Waals surface area contributed by atoms with Gasteiger partial charge < -0.3 is 26.2 Å². The van der Waals surface area contributed by atoms with Crippen LogP contribution in [0.3, 0.4) is 0 Å². The van der Waals surface area contributed by atoms with Crippen LogP contribution in [-0.2, 0) is 11.3 Å². The van der Waals surface area contributed by atoms with Gasteiger partial charge in [0.2, 0.25) is 5.91 Å². The first-order valence-electron chi connectivity index (χ1n) is 16.2. The Balaban J connectivity index is 1.28. The second-order valence-corrected chi connectivity index (χ2v) is 12.3. The highest BCUT2D eigenvalue weighted by Gasteiger charge is 2.37. The topological polar surface area (TPSA) is 131 Å². The maximum absolute atomic E-state index is 13.3. The highest BCUT2D eigenvalue weighted by Crippen LogP contribution is 2.36. The molecule has 0 bridgehead atoms. The molecule has 2 amide bonds. The number of carbonyl (C=O) groups is 2. The maximum Gasteiger partial charge on any atom is 0.255 e. The Morgan fingerprint density at radius 2 is 1.74 bits per heavy atom. The van der Waals surface area contributed by atoms with E-state index in [1.54, 1.807) is 18.2 Å². The average molecular weight is 624 g/mol. The van der Waals surface area contributed by atoms with Crippen molar-refractivity contribution in [2.75, 3.05) is 38.1 Å². The van der Waals surface area contributed by atoms with Crippen LogP contribution in [0.15, 0.2) is 83.4 Å². The average Bonchev–Trinajstić information content (AvgIpc) is 3.40. The summed E-state index contributed by atoms with van der Waals surface area (Å²) in [5.41, 5.74) is 11.5. The molecular weight excluding hydrogens is 578 g/mol. The summed E-state index contributed by atoms with van der Waals surface area (Å²) in [4.78, 5) is 35.3. The van der Waals surface area contributed by atoms with Crippen LogP contribution in [0.1, 0.15) is 66.1 Å². The fraction of sp³-hybridized carbons (Fsp3) is 0.378. The van der Waals surface area contributed by atoms with E-state index in [1.807, 2.05) is 53.4 Å². The molecule has 0 spiro atoms. The molecule has 2 aliphatic rings. The number of aliphatic hydroxyl groups excluding tert-OH is 2. The Hall–Kier alpha value is -4.31. The molecule has 1 saturated heterocycles. The summed E-state index contributed by atoms with van der Waals surface area (Å²) in [5.74, 6) is -0.0383. The fourth-order valence-corrected chi connectivity index (χ4v) is 6.51. The predicted octanol–water partition coefficient (Wildman–Crippen LogP) is 4.93. The lowest BCUT2D eigenvalue weighted by Gasteiger charge is -2.23. The highest BCUT2D eigenvalue weighted by atomic mass is 16.3. The summed E-state index contributed by atoms with van der Waals surface area (Å²) in [6, 6.07) is 23.2. The van der Waals surface area contributed by atoms with Gasteiger partial charge >= 0.3 is 0 Å². The highest BCUT2D eigenvalue weighted by molar-refractivity contribution is 6.07. The number of nitrogens with zero attached hydrogens (tertiary/aromatic N) is 3. The third kappa shape index (κ3) is 7.91. The van der Waals surface area contributed by atoms with Crippen LogP contribution < -0.4 is 11.1 Å². The van der Waals surface area contributed by atoms with Gasteiger partial charge in [0, 0.05) is 73.4 Å². The lowest BCUT2D eigenvalue weighted by molar-refractivity contribution is -0.127. The minimum absolute atomic E-state index is 0.0290. The Bertz CT molecular complexity index is 1560. The van der Waals surface area contributed by atoms with Crippen LogP contribution >= 0.6 is 0 Å². The SMILES string of the molecule is CCCN(CCC)C(=O)C1=Cc2ccc(C(=O)Nc3ccc(C4CN(Cc5ccccc5)C[C@@H]4C(O)CO)cc3)cc2N=C(N)C1. The largest absolute Gasteiger partial charge is 0.394 e. The predicted molar refractivity (Wildman–Crippen MR) is 183 cm³/mol. The summed E-state index contributed by atoms with van der Waals surface area (Å²) in [6.07, 6.45) is 3.03. The van der Waals surface area contributed by atoms with E-state index in [0.717, 1.165) is 37.1 Å². The molecule has 46 heavy (non-hydrogen) atoms. The smallest absolute Gasteiger partial charge is 0.255 e. The van der Waals surface area contributed by atoms with Crippen molar-refractivity contribution in [3.63, 3.8) is 0 Å². The summed E-state index contributed by atoms with van der Waals surface area (Å²) in [7, 11) is 0. The van der Waals surface area contributed by atoms with Gasteiger partial charge in [0.25, 0.3) is 5.91 Å². The van der Waals surface area contributed by atoms with Crippen molar-refractivity contribution in [1.29, 1.82) is 0 Å². The molecule has 2 unspecified atom stereocenters. The van der Waals surface area contributed by atoms with E-state index in [4.69, 9.17) is 5.73 Å². The number of aliphatic imine (C=N–C) groups is 1. The van der Waals surface area contributed by atoms with Crippen molar-refractivity contribution in [1.82, 2.24) is 9.80 Å². The molecular formula is C37H45N5O4. The number of likely N-dealkylation sites (tertiary alicyclic amines) is 1. The molecule has 0 saturated carbocycles. The maximum atomic E-state index is 13.3. The Morgan fingerprint density at radius 3 is 2.41 bits per heavy atom. The van der Waals surface area contributed by atoms with Crippen molar-refractivity contribution in [3.05, 3.63) is 101 Å². The lowest BCUT2D eigenvalue weighted by atomic mass is 9.85. The zero-order chi connectivity index (χ0) is 32.6. The quantitative estimate of drug-likeness (QED) is 0.226. The Labute approximate surface area is 271 Å². The van der Waals surface area contributed by atoms with E-state index in [1.165, 1.54) is 5.56 Å². The zero-order valence-corrected chi connectivity index (χ0v) is 26.7. The number of amides is 2. The van der Waals surface area contributed by atoms with Crippen molar-refractivity contribution >= 4 is 35.1 Å². The van der Waals surface area contributed by atoms with E-state index in [9.17, 15) is 19.8 Å². The number of aliphatic hydroxyl groups is 2. The number of nitrogens with one attached hydrogen (secondary N) is 1. The minimum atomic E-state index is -0.814. The molecule has 242 valence electrons. The van der Waals surface area contributed by atoms with Gasteiger partial charge in [0.15, 0.2) is 0 Å². The van der Waals surface area contributed by atoms with E-state index in [-0.39, 0.29) is 36.7 Å². The van der Waals surface area contributed by atoms with Crippen molar-refractivity contribution in [2.24, 2.45) is 16.6 Å². The summed E-state index contributed by atoms with van der Waals surface area (Å²) in [6.45, 7) is 7.43. The molecule has 5 rings (SSSR count). The number of fused-ring (bicyclic) bond motifs is 1. The van der Waals surface area contributed by atoms with Gasteiger partial charge in [-0.2, -0.15) is 0 Å². The Kier molecular flexibility index (Phi) is 11.0. The Morgan fingerprint density at radius 1 is 1.02 bits per heavy atom. The number of nitrogens with two attached hydrogens (primary N) is 1. The molecule has 1 fully saturated rings. The van der Waals surface area contributed by atoms with Gasteiger partial charge in [0.1, 0.15) is 5.84 Å². The van der Waals surface area contributed by atoms with E-state index >= 15 is 0 Å². The van der Waals surface area contributed by atoms with E-state index in [0.29, 0.717) is 48.0 Å². The third-order valence-electron chi connectivity index (χ3n) is 8.77. The lowest BCUT2D eigenvalue weighted by Crippen LogP contribution is -2.34. The zero-order valence-electron chi connectivity index (χ0n) is 26.7. The number of anilines is 1. The summed E-state index contributed by atoms with van der Waals surface area (Å²) in [5, 5.41) is 23.3. The molecule has 0 aromatic heterocycles. The van der Waals surface area contributed by atoms with Gasteiger partial charge in [-0.15, -0.1) is 0 Å². The number of carbonyl (C=O) groups excluding carboxylic acids is 2. The van der Waals surface area contributed by atoms with Crippen LogP contribution in [0, 0.1) is 5.92 Å². The molecule has 9 nitrogen and oxygen atoms in total. The van der Waals surface area contributed by atoms with Crippen LogP contribution in [0.4, 0.5) is 11.4 Å². The minimum Gasteiger partial charge on any atom is -0.394 e. The van der Waals surface area contributed by atoms with Gasteiger partial charge in [-0.3, -0.25) is 14.5 Å². The van der Waals surface area contributed by atoms with Crippen molar-refractivity contribution in [2.45, 2.75) is 51.7 Å². The molecule has 2 aliphatic heterocycles. The summed E-state index contributed by atoms with van der Waals surface area (Å²) < 4.78 is 0. The first kappa shape index (κ1) is 33.1.